The molecule has 2 aromatic carbocycles. The van der Waals surface area contributed by atoms with Gasteiger partial charge in [0.05, 0.1) is 6.61 Å². The van der Waals surface area contributed by atoms with Crippen molar-refractivity contribution in [1.29, 1.82) is 0 Å². The largest absolute Gasteiger partial charge is 1.00 e. The molecule has 0 aliphatic carbocycles. The third-order valence-electron chi connectivity index (χ3n) is 4.23. The molecule has 0 unspecified atom stereocenters. The van der Waals surface area contributed by atoms with Gasteiger partial charge in [-0.15, -0.1) is 0 Å². The molecule has 0 saturated heterocycles. The van der Waals surface area contributed by atoms with Gasteiger partial charge in [0.2, 0.25) is 5.78 Å². The molecule has 0 atom stereocenters. The molecule has 0 aliphatic heterocycles. The van der Waals surface area contributed by atoms with Crippen LogP contribution in [-0.2, 0) is 22.6 Å². The lowest BCUT2D eigenvalue weighted by atomic mass is 10.1. The molecule has 1 heterocycles. The van der Waals surface area contributed by atoms with Crippen molar-refractivity contribution in [3.05, 3.63) is 66.0 Å². The first-order valence-corrected chi connectivity index (χ1v) is 8.33. The molecule has 0 amide bonds. The van der Waals surface area contributed by atoms with Crippen LogP contribution in [0.15, 0.2) is 54.6 Å². The van der Waals surface area contributed by atoms with Crippen LogP contribution in [0.25, 0.3) is 11.0 Å². The van der Waals surface area contributed by atoms with E-state index in [0.29, 0.717) is 12.2 Å². The quantitative estimate of drug-likeness (QED) is 0.314. The second-order valence-corrected chi connectivity index (χ2v) is 5.80. The van der Waals surface area contributed by atoms with Crippen molar-refractivity contribution in [3.8, 4) is 0 Å². The number of benzene rings is 2. The van der Waals surface area contributed by atoms with E-state index in [0.717, 1.165) is 16.9 Å². The highest BCUT2D eigenvalue weighted by Gasteiger charge is 2.25. The van der Waals surface area contributed by atoms with E-state index in [1.807, 2.05) is 70.7 Å². The topological polar surface area (TPSA) is 52.2 Å². The number of para-hydroxylation sites is 2. The minimum atomic E-state index is -0.284. The van der Waals surface area contributed by atoms with Crippen LogP contribution in [-0.4, -0.2) is 22.9 Å². The third-order valence-corrected chi connectivity index (χ3v) is 4.23. The summed E-state index contributed by atoms with van der Waals surface area (Å²) >= 11 is 0. The van der Waals surface area contributed by atoms with Crippen molar-refractivity contribution < 1.29 is 35.9 Å². The lowest BCUT2D eigenvalue weighted by Crippen LogP contribution is -3.00. The van der Waals surface area contributed by atoms with E-state index >= 15 is 0 Å². The van der Waals surface area contributed by atoms with Crippen LogP contribution in [0.1, 0.15) is 23.1 Å². The van der Waals surface area contributed by atoms with Gasteiger partial charge in [-0.3, -0.25) is 4.79 Å². The Morgan fingerprint density at radius 2 is 1.69 bits per heavy atom. The molecule has 136 valence electrons. The number of carbonyl (C=O) groups excluding carboxylic acids is 2. The average Bonchev–Trinajstić information content (AvgIpc) is 2.88. The maximum Gasteiger partial charge on any atom is 0.348 e. The van der Waals surface area contributed by atoms with Crippen LogP contribution in [0.2, 0.25) is 0 Å². The number of imidazole rings is 1. The summed E-state index contributed by atoms with van der Waals surface area (Å²) in [5.74, 6) is 0.596. The molecule has 0 bridgehead atoms. The number of Topliss-reactive ketones (excluding diaryl/α,β-unsaturated/α-hetero) is 1. The number of rotatable bonds is 6. The smallest absolute Gasteiger partial charge is 0.348 e. The standard InChI is InChI=1S/C20H21N2O3.BrH/c1-3-25-20(24)14-22-15(2)21(17-11-7-8-12-18(17)22)13-19(23)16-9-5-4-6-10-16;/h4-12H,3,13-14H2,1-2H3;1H/q+1;/p-1. The van der Waals surface area contributed by atoms with Gasteiger partial charge in [-0.2, -0.15) is 0 Å². The van der Waals surface area contributed by atoms with E-state index in [-0.39, 0.29) is 41.8 Å². The van der Waals surface area contributed by atoms with Gasteiger partial charge in [-0.1, -0.05) is 42.5 Å². The summed E-state index contributed by atoms with van der Waals surface area (Å²) in [6.45, 7) is 4.41. The Bertz CT molecular complexity index is 919. The van der Waals surface area contributed by atoms with E-state index in [1.54, 1.807) is 6.92 Å². The molecule has 0 N–H and O–H groups in total. The van der Waals surface area contributed by atoms with Crippen molar-refractivity contribution in [1.82, 2.24) is 4.57 Å². The van der Waals surface area contributed by atoms with Gasteiger partial charge in [0.25, 0.3) is 5.82 Å². The van der Waals surface area contributed by atoms with Gasteiger partial charge in [0, 0.05) is 12.5 Å². The highest BCUT2D eigenvalue weighted by Crippen LogP contribution is 2.15. The fourth-order valence-corrected chi connectivity index (χ4v) is 3.01. The first kappa shape index (κ1) is 19.8. The molecule has 5 nitrogen and oxygen atoms in total. The van der Waals surface area contributed by atoms with Gasteiger partial charge >= 0.3 is 5.97 Å². The number of aromatic nitrogens is 2. The number of esters is 1. The Kier molecular flexibility index (Phi) is 6.69. The summed E-state index contributed by atoms with van der Waals surface area (Å²) in [5.41, 5.74) is 2.51. The Balaban J connectivity index is 0.00000243. The number of hydrogen-bond donors (Lipinski definition) is 0. The molecule has 0 fully saturated rings. The fraction of sp³-hybridized carbons (Fsp3) is 0.250. The van der Waals surface area contributed by atoms with Gasteiger partial charge in [0.1, 0.15) is 0 Å². The van der Waals surface area contributed by atoms with Gasteiger partial charge in [-0.25, -0.2) is 13.9 Å². The number of halogens is 1. The SMILES string of the molecule is CCOC(=O)Cn1c(C)[n+](CC(=O)c2ccccc2)c2ccccc21.[Br-]. The minimum absolute atomic E-state index is 0. The second-order valence-electron chi connectivity index (χ2n) is 5.80. The molecule has 3 aromatic rings. The number of carbonyl (C=O) groups is 2. The zero-order valence-corrected chi connectivity index (χ0v) is 16.4. The van der Waals surface area contributed by atoms with E-state index in [4.69, 9.17) is 4.74 Å². The van der Waals surface area contributed by atoms with E-state index < -0.39 is 0 Å². The molecule has 0 aliphatic rings. The molecule has 6 heteroatoms. The van der Waals surface area contributed by atoms with E-state index in [1.165, 1.54) is 0 Å². The summed E-state index contributed by atoms with van der Waals surface area (Å²) in [6, 6.07) is 17.0. The van der Waals surface area contributed by atoms with Crippen LogP contribution < -0.4 is 21.5 Å². The second kappa shape index (κ2) is 8.76. The number of ether oxygens (including phenoxy) is 1. The number of ketones is 1. The lowest BCUT2D eigenvalue weighted by Gasteiger charge is -2.02. The Labute approximate surface area is 163 Å². The Hall–Kier alpha value is -2.47. The first-order valence-electron chi connectivity index (χ1n) is 8.33. The third kappa shape index (κ3) is 4.02. The predicted molar refractivity (Wildman–Crippen MR) is 94.3 cm³/mol. The molecule has 26 heavy (non-hydrogen) atoms. The van der Waals surface area contributed by atoms with Gasteiger partial charge in [-0.05, 0) is 19.1 Å². The van der Waals surface area contributed by atoms with E-state index in [9.17, 15) is 9.59 Å². The summed E-state index contributed by atoms with van der Waals surface area (Å²) in [7, 11) is 0. The van der Waals surface area contributed by atoms with Gasteiger partial charge in [0.15, 0.2) is 24.1 Å². The number of nitrogens with zero attached hydrogens (tertiary/aromatic N) is 2. The summed E-state index contributed by atoms with van der Waals surface area (Å²) < 4.78 is 8.92. The molecular weight excluding hydrogens is 396 g/mol. The van der Waals surface area contributed by atoms with Crippen LogP contribution in [0.3, 0.4) is 0 Å². The number of hydrogen-bond acceptors (Lipinski definition) is 3. The average molecular weight is 417 g/mol. The maximum atomic E-state index is 12.6. The monoisotopic (exact) mass is 416 g/mol. The van der Waals surface area contributed by atoms with Crippen LogP contribution in [0.5, 0.6) is 0 Å². The van der Waals surface area contributed by atoms with Crippen molar-refractivity contribution in [2.75, 3.05) is 6.61 Å². The normalized spacial score (nSPS) is 10.4. The lowest BCUT2D eigenvalue weighted by molar-refractivity contribution is -0.664. The summed E-state index contributed by atoms with van der Waals surface area (Å²) in [6.07, 6.45) is 0. The fourth-order valence-electron chi connectivity index (χ4n) is 3.01. The zero-order valence-electron chi connectivity index (χ0n) is 14.8. The van der Waals surface area contributed by atoms with Crippen molar-refractivity contribution >= 4 is 22.8 Å². The van der Waals surface area contributed by atoms with Crippen molar-refractivity contribution in [3.63, 3.8) is 0 Å². The molecule has 0 spiro atoms. The van der Waals surface area contributed by atoms with Crippen LogP contribution in [0, 0.1) is 6.92 Å². The summed E-state index contributed by atoms with van der Waals surface area (Å²) in [5, 5.41) is 0. The molecule has 0 radical (unpaired) electrons. The molecule has 1 aromatic heterocycles. The first-order chi connectivity index (χ1) is 12.1. The summed E-state index contributed by atoms with van der Waals surface area (Å²) in [4.78, 5) is 24.6. The van der Waals surface area contributed by atoms with Gasteiger partial charge < -0.3 is 21.7 Å². The highest BCUT2D eigenvalue weighted by molar-refractivity contribution is 5.95. The maximum absolute atomic E-state index is 12.6. The molecule has 3 rings (SSSR count). The molecular formula is C20H21BrN2O3. The van der Waals surface area contributed by atoms with E-state index in [2.05, 4.69) is 0 Å². The highest BCUT2D eigenvalue weighted by atomic mass is 79.9. The minimum Gasteiger partial charge on any atom is -1.00 e. The Morgan fingerprint density at radius 1 is 1.04 bits per heavy atom. The number of fused-ring (bicyclic) bond motifs is 1. The van der Waals surface area contributed by atoms with Crippen LogP contribution >= 0.6 is 0 Å². The van der Waals surface area contributed by atoms with Crippen LogP contribution in [0.4, 0.5) is 0 Å². The van der Waals surface area contributed by atoms with Crippen molar-refractivity contribution in [2.24, 2.45) is 0 Å². The van der Waals surface area contributed by atoms with Crippen molar-refractivity contribution in [2.45, 2.75) is 26.9 Å². The zero-order chi connectivity index (χ0) is 17.8. The Morgan fingerprint density at radius 3 is 2.38 bits per heavy atom. The molecule has 0 saturated carbocycles. The predicted octanol–water partition coefficient (Wildman–Crippen LogP) is -0.313.